The van der Waals surface area contributed by atoms with Crippen molar-refractivity contribution in [2.75, 3.05) is 0 Å². The van der Waals surface area contributed by atoms with Crippen molar-refractivity contribution >= 4 is 11.0 Å². The van der Waals surface area contributed by atoms with E-state index in [1.807, 2.05) is 109 Å². The Bertz CT molecular complexity index is 1990. The summed E-state index contributed by atoms with van der Waals surface area (Å²) < 4.78 is 42.5. The lowest BCUT2D eigenvalue weighted by atomic mass is 10.1. The zero-order valence-corrected chi connectivity index (χ0v) is 22.6. The summed E-state index contributed by atoms with van der Waals surface area (Å²) in [5, 5.41) is 0. The van der Waals surface area contributed by atoms with E-state index in [4.69, 9.17) is 19.9 Å². The monoisotopic (exact) mass is 569 g/mol. The number of benzene rings is 5. The molecule has 7 rings (SSSR count). The highest BCUT2D eigenvalue weighted by molar-refractivity contribution is 5.83. The number of hydrogen-bond donors (Lipinski definition) is 0. The van der Waals surface area contributed by atoms with Gasteiger partial charge in [-0.05, 0) is 30.3 Å². The van der Waals surface area contributed by atoms with Gasteiger partial charge in [-0.2, -0.15) is 13.2 Å². The molecule has 0 unspecified atom stereocenters. The van der Waals surface area contributed by atoms with Crippen LogP contribution in [0.5, 0.6) is 0 Å². The van der Waals surface area contributed by atoms with Crippen LogP contribution in [0.2, 0.25) is 0 Å². The molecule has 43 heavy (non-hydrogen) atoms. The van der Waals surface area contributed by atoms with Crippen molar-refractivity contribution in [3.63, 3.8) is 0 Å². The molecule has 2 aromatic heterocycles. The first kappa shape index (κ1) is 26.3. The summed E-state index contributed by atoms with van der Waals surface area (Å²) in [5.41, 5.74) is 4.28. The maximum Gasteiger partial charge on any atom is 0.416 e. The quantitative estimate of drug-likeness (QED) is 0.208. The van der Waals surface area contributed by atoms with E-state index in [-0.39, 0.29) is 0 Å². The maximum atomic E-state index is 13.6. The molecule has 0 saturated carbocycles. The molecule has 7 aromatic rings. The summed E-state index contributed by atoms with van der Waals surface area (Å²) >= 11 is 0. The van der Waals surface area contributed by atoms with Crippen LogP contribution >= 0.6 is 0 Å². The summed E-state index contributed by atoms with van der Waals surface area (Å²) in [7, 11) is 0. The van der Waals surface area contributed by atoms with Gasteiger partial charge in [-0.25, -0.2) is 19.9 Å². The van der Waals surface area contributed by atoms with E-state index < -0.39 is 11.7 Å². The van der Waals surface area contributed by atoms with Gasteiger partial charge in [0.2, 0.25) is 0 Å². The largest absolute Gasteiger partial charge is 0.416 e. The number of para-hydroxylation sites is 2. The summed E-state index contributed by atoms with van der Waals surface area (Å²) in [6.07, 6.45) is -4.46. The molecule has 0 aliphatic carbocycles. The third kappa shape index (κ3) is 5.15. The fourth-order valence-corrected chi connectivity index (χ4v) is 5.01. The van der Waals surface area contributed by atoms with Gasteiger partial charge in [0.15, 0.2) is 17.5 Å². The average molecular weight is 570 g/mol. The van der Waals surface area contributed by atoms with Crippen molar-refractivity contribution in [2.45, 2.75) is 6.18 Å². The SMILES string of the molecule is FC(F)(F)c1cccc(-n2c(-c3ccc(-c4nc(-c5ccccc5)nc(-c5ccccc5)n4)cc3)nc3ccccc32)c1. The van der Waals surface area contributed by atoms with E-state index in [1.54, 1.807) is 10.6 Å². The maximum absolute atomic E-state index is 13.6. The van der Waals surface area contributed by atoms with Crippen molar-refractivity contribution in [3.05, 3.63) is 139 Å². The molecule has 0 atom stereocenters. The van der Waals surface area contributed by atoms with Gasteiger partial charge < -0.3 is 0 Å². The number of halogens is 3. The van der Waals surface area contributed by atoms with E-state index >= 15 is 0 Å². The second-order valence-electron chi connectivity index (χ2n) is 9.92. The standard InChI is InChI=1S/C35H22F3N5/c36-35(37,38)27-14-9-15-28(22-27)43-30-17-8-7-16-29(30)39-34(43)26-20-18-25(19-21-26)33-41-31(23-10-3-1-4-11-23)40-32(42-33)24-12-5-2-6-13-24/h1-22H. The van der Waals surface area contributed by atoms with Gasteiger partial charge in [-0.3, -0.25) is 4.57 Å². The van der Waals surface area contributed by atoms with Crippen LogP contribution in [0, 0.1) is 0 Å². The molecule has 0 N–H and O–H groups in total. The third-order valence-corrected chi connectivity index (χ3v) is 7.09. The van der Waals surface area contributed by atoms with E-state index in [2.05, 4.69) is 0 Å². The second-order valence-corrected chi connectivity index (χ2v) is 9.92. The van der Waals surface area contributed by atoms with Gasteiger partial charge in [-0.15, -0.1) is 0 Å². The smallest absolute Gasteiger partial charge is 0.292 e. The number of nitrogens with zero attached hydrogens (tertiary/aromatic N) is 5. The summed E-state index contributed by atoms with van der Waals surface area (Å²) in [6.45, 7) is 0. The van der Waals surface area contributed by atoms with Crippen LogP contribution in [0.1, 0.15) is 5.56 Å². The lowest BCUT2D eigenvalue weighted by molar-refractivity contribution is -0.137. The molecular weight excluding hydrogens is 547 g/mol. The normalized spacial score (nSPS) is 11.6. The first-order valence-corrected chi connectivity index (χ1v) is 13.6. The van der Waals surface area contributed by atoms with E-state index in [1.165, 1.54) is 6.07 Å². The predicted molar refractivity (Wildman–Crippen MR) is 161 cm³/mol. The number of fused-ring (bicyclic) bond motifs is 1. The number of alkyl halides is 3. The number of imidazole rings is 1. The van der Waals surface area contributed by atoms with Gasteiger partial charge >= 0.3 is 6.18 Å². The molecule has 0 amide bonds. The Hall–Kier alpha value is -5.63. The Morgan fingerprint density at radius 1 is 0.465 bits per heavy atom. The highest BCUT2D eigenvalue weighted by Gasteiger charge is 2.31. The van der Waals surface area contributed by atoms with Gasteiger partial charge in [-0.1, -0.05) is 103 Å². The molecule has 8 heteroatoms. The Balaban J connectivity index is 1.34. The molecule has 0 bridgehead atoms. The predicted octanol–water partition coefficient (Wildman–Crippen LogP) is 8.90. The van der Waals surface area contributed by atoms with E-state index in [0.29, 0.717) is 40.0 Å². The molecule has 0 saturated heterocycles. The Kier molecular flexibility index (Phi) is 6.51. The lowest BCUT2D eigenvalue weighted by Gasteiger charge is -2.13. The van der Waals surface area contributed by atoms with Gasteiger partial charge in [0.25, 0.3) is 0 Å². The van der Waals surface area contributed by atoms with Crippen LogP contribution in [0.4, 0.5) is 13.2 Å². The Morgan fingerprint density at radius 3 is 1.56 bits per heavy atom. The highest BCUT2D eigenvalue weighted by Crippen LogP contribution is 2.34. The topological polar surface area (TPSA) is 56.5 Å². The molecule has 0 spiro atoms. The fourth-order valence-electron chi connectivity index (χ4n) is 5.01. The minimum atomic E-state index is -4.46. The summed E-state index contributed by atoms with van der Waals surface area (Å²) in [6, 6.07) is 39.7. The zero-order chi connectivity index (χ0) is 29.4. The average Bonchev–Trinajstić information content (AvgIpc) is 3.45. The molecule has 208 valence electrons. The lowest BCUT2D eigenvalue weighted by Crippen LogP contribution is -2.06. The molecule has 5 nitrogen and oxygen atoms in total. The molecule has 0 fully saturated rings. The summed E-state index contributed by atoms with van der Waals surface area (Å²) in [4.78, 5) is 19.1. The van der Waals surface area contributed by atoms with Crippen LogP contribution < -0.4 is 0 Å². The van der Waals surface area contributed by atoms with Gasteiger partial charge in [0.1, 0.15) is 5.82 Å². The molecule has 0 aliphatic heterocycles. The third-order valence-electron chi connectivity index (χ3n) is 7.09. The van der Waals surface area contributed by atoms with Crippen LogP contribution in [-0.2, 0) is 6.18 Å². The van der Waals surface area contributed by atoms with Crippen molar-refractivity contribution in [1.29, 1.82) is 0 Å². The molecule has 0 aliphatic rings. The van der Waals surface area contributed by atoms with Crippen molar-refractivity contribution < 1.29 is 13.2 Å². The van der Waals surface area contributed by atoms with Crippen LogP contribution in [-0.4, -0.2) is 24.5 Å². The van der Waals surface area contributed by atoms with Crippen LogP contribution in [0.25, 0.3) is 62.3 Å². The zero-order valence-electron chi connectivity index (χ0n) is 22.6. The summed E-state index contributed by atoms with van der Waals surface area (Å²) in [5.74, 6) is 2.14. The fraction of sp³-hybridized carbons (Fsp3) is 0.0286. The number of rotatable bonds is 5. The molecular formula is C35H22F3N5. The van der Waals surface area contributed by atoms with Gasteiger partial charge in [0.05, 0.1) is 16.6 Å². The Morgan fingerprint density at radius 2 is 0.977 bits per heavy atom. The van der Waals surface area contributed by atoms with Crippen molar-refractivity contribution in [1.82, 2.24) is 24.5 Å². The Labute approximate surface area is 245 Å². The molecule has 0 radical (unpaired) electrons. The molecule has 5 aromatic carbocycles. The highest BCUT2D eigenvalue weighted by atomic mass is 19.4. The van der Waals surface area contributed by atoms with E-state index in [9.17, 15) is 13.2 Å². The minimum absolute atomic E-state index is 0.375. The minimum Gasteiger partial charge on any atom is -0.292 e. The first-order valence-electron chi connectivity index (χ1n) is 13.6. The van der Waals surface area contributed by atoms with E-state index in [0.717, 1.165) is 34.4 Å². The first-order chi connectivity index (χ1) is 20.9. The van der Waals surface area contributed by atoms with Crippen molar-refractivity contribution in [3.8, 4) is 51.2 Å². The van der Waals surface area contributed by atoms with Crippen molar-refractivity contribution in [2.24, 2.45) is 0 Å². The second kappa shape index (κ2) is 10.6. The number of hydrogen-bond acceptors (Lipinski definition) is 4. The van der Waals surface area contributed by atoms with Crippen LogP contribution in [0.15, 0.2) is 133 Å². The molecule has 2 heterocycles. The number of aromatic nitrogens is 5. The van der Waals surface area contributed by atoms with Gasteiger partial charge in [0, 0.05) is 27.9 Å². The van der Waals surface area contributed by atoms with Crippen LogP contribution in [0.3, 0.4) is 0 Å².